The van der Waals surface area contributed by atoms with E-state index in [0.29, 0.717) is 0 Å². The van der Waals surface area contributed by atoms with Crippen LogP contribution in [0.4, 0.5) is 0 Å². The van der Waals surface area contributed by atoms with Crippen LogP contribution in [0.25, 0.3) is 0 Å². The van der Waals surface area contributed by atoms with E-state index < -0.39 is 0 Å². The first-order chi connectivity index (χ1) is 33.9. The smallest absolute Gasteiger partial charge is 0.0104 e. The molecule has 0 bridgehead atoms. The van der Waals surface area contributed by atoms with Crippen LogP contribution < -0.4 is 0 Å². The highest BCUT2D eigenvalue weighted by atomic mass is 15.2. The molecule has 0 aliphatic heterocycles. The molecule has 0 aromatic carbocycles. The Morgan fingerprint density at radius 1 is 0.246 bits per heavy atom. The molecule has 2 nitrogen and oxygen atoms in total. The molecule has 392 valence electrons. The van der Waals surface area contributed by atoms with Gasteiger partial charge >= 0.3 is 0 Å². The third-order valence-corrected chi connectivity index (χ3v) is 24.0. The second-order valence-corrected chi connectivity index (χ2v) is 28.3. The summed E-state index contributed by atoms with van der Waals surface area (Å²) in [7, 11) is 0. The summed E-state index contributed by atoms with van der Waals surface area (Å²) in [5.74, 6) is 12.5. The molecule has 0 amide bonds. The molecule has 10 aliphatic rings. The van der Waals surface area contributed by atoms with Crippen LogP contribution in [0.2, 0.25) is 0 Å². The number of hydrogen-bond donors (Lipinski definition) is 0. The second-order valence-electron chi connectivity index (χ2n) is 28.3. The Bertz CT molecular complexity index is 1510. The van der Waals surface area contributed by atoms with Gasteiger partial charge in [-0.05, 0) is 244 Å². The van der Waals surface area contributed by atoms with Crippen molar-refractivity contribution in [1.82, 2.24) is 9.80 Å². The Hall–Kier alpha value is -0.600. The van der Waals surface area contributed by atoms with Crippen LogP contribution in [0.3, 0.4) is 0 Å². The van der Waals surface area contributed by atoms with Crippen molar-refractivity contribution in [3.63, 3.8) is 0 Å². The topological polar surface area (TPSA) is 6.48 Å². The van der Waals surface area contributed by atoms with Gasteiger partial charge in [0.25, 0.3) is 0 Å². The van der Waals surface area contributed by atoms with Crippen molar-refractivity contribution in [3.8, 4) is 0 Å². The largest absolute Gasteiger partial charge is 0.294 e. The van der Waals surface area contributed by atoms with Gasteiger partial charge in [0.05, 0.1) is 0 Å². The molecule has 69 heavy (non-hydrogen) atoms. The summed E-state index contributed by atoms with van der Waals surface area (Å²) in [6.45, 7) is 7.68. The van der Waals surface area contributed by atoms with Crippen molar-refractivity contribution >= 4 is 0 Å². The highest BCUT2D eigenvalue weighted by molar-refractivity contribution is 5.04. The fourth-order valence-electron chi connectivity index (χ4n) is 19.9. The van der Waals surface area contributed by atoms with E-state index in [4.69, 9.17) is 0 Å². The molecule has 0 aromatic heterocycles. The summed E-state index contributed by atoms with van der Waals surface area (Å²) < 4.78 is 0. The van der Waals surface area contributed by atoms with Gasteiger partial charge < -0.3 is 0 Å². The van der Waals surface area contributed by atoms with E-state index in [1.807, 2.05) is 0 Å². The van der Waals surface area contributed by atoms with Crippen LogP contribution in [-0.4, -0.2) is 46.1 Å². The third-order valence-electron chi connectivity index (χ3n) is 24.0. The Balaban J connectivity index is 0.815. The van der Waals surface area contributed by atoms with Gasteiger partial charge in [0.2, 0.25) is 0 Å². The molecule has 7 unspecified atom stereocenters. The Morgan fingerprint density at radius 3 is 1.04 bits per heavy atom. The van der Waals surface area contributed by atoms with Crippen molar-refractivity contribution in [1.29, 1.82) is 0 Å². The van der Waals surface area contributed by atoms with E-state index in [2.05, 4.69) is 54.9 Å². The van der Waals surface area contributed by atoms with Gasteiger partial charge in [-0.1, -0.05) is 141 Å². The molecule has 0 aromatic rings. The van der Waals surface area contributed by atoms with Crippen LogP contribution in [0.15, 0.2) is 24.3 Å². The lowest BCUT2D eigenvalue weighted by Gasteiger charge is -2.55. The first-order valence-corrected chi connectivity index (χ1v) is 32.8. The molecule has 10 saturated carbocycles. The lowest BCUT2D eigenvalue weighted by atomic mass is 9.55. The molecule has 0 radical (unpaired) electrons. The van der Waals surface area contributed by atoms with E-state index in [-0.39, 0.29) is 0 Å². The highest BCUT2D eigenvalue weighted by Gasteiger charge is 2.49. The zero-order chi connectivity index (χ0) is 46.9. The van der Waals surface area contributed by atoms with Gasteiger partial charge in [-0.25, -0.2) is 0 Å². The molecule has 0 N–H and O–H groups in total. The lowest BCUT2D eigenvalue weighted by Crippen LogP contribution is -2.55. The maximum atomic E-state index is 3.39. The minimum atomic E-state index is 0.857. The molecular weight excluding hydrogens is 833 g/mol. The first-order valence-electron chi connectivity index (χ1n) is 32.8. The number of nitrogens with zero attached hydrogens (tertiary/aromatic N) is 2. The van der Waals surface area contributed by atoms with Gasteiger partial charge in [-0.15, -0.1) is 0 Å². The molecule has 0 spiro atoms. The summed E-state index contributed by atoms with van der Waals surface area (Å²) in [6, 6.07) is 5.28. The van der Waals surface area contributed by atoms with Crippen molar-refractivity contribution in [2.75, 3.05) is 0 Å². The van der Waals surface area contributed by atoms with E-state index in [0.717, 1.165) is 113 Å². The van der Waals surface area contributed by atoms with Crippen LogP contribution >= 0.6 is 0 Å². The monoisotopic (exact) mass is 947 g/mol. The minimum absolute atomic E-state index is 0.857. The zero-order valence-electron chi connectivity index (χ0n) is 46.2. The molecule has 2 heteroatoms. The van der Waals surface area contributed by atoms with Gasteiger partial charge in [0.1, 0.15) is 0 Å². The van der Waals surface area contributed by atoms with E-state index in [1.54, 1.807) is 64.2 Å². The Kier molecular flexibility index (Phi) is 19.4. The summed E-state index contributed by atoms with van der Waals surface area (Å²) >= 11 is 0. The predicted molar refractivity (Wildman–Crippen MR) is 296 cm³/mol. The molecule has 10 fully saturated rings. The zero-order valence-corrected chi connectivity index (χ0v) is 46.2. The van der Waals surface area contributed by atoms with Crippen LogP contribution in [0.5, 0.6) is 0 Å². The second kappa shape index (κ2) is 25.8. The van der Waals surface area contributed by atoms with E-state index >= 15 is 0 Å². The maximum absolute atomic E-state index is 3.39. The Morgan fingerprint density at radius 2 is 0.580 bits per heavy atom. The number of hydrogen-bond acceptors (Lipinski definition) is 2. The summed E-state index contributed by atoms with van der Waals surface area (Å²) in [5.41, 5.74) is 0. The average Bonchev–Trinajstić information content (AvgIpc) is 3.40. The van der Waals surface area contributed by atoms with Crippen molar-refractivity contribution in [2.45, 2.75) is 320 Å². The summed E-state index contributed by atoms with van der Waals surface area (Å²) in [6.07, 6.45) is 72.7. The maximum Gasteiger partial charge on any atom is 0.0104 e. The van der Waals surface area contributed by atoms with Crippen LogP contribution in [0, 0.1) is 76.9 Å². The fourth-order valence-corrected chi connectivity index (χ4v) is 19.9. The average molecular weight is 948 g/mol. The first kappa shape index (κ1) is 51.9. The van der Waals surface area contributed by atoms with E-state index in [1.165, 1.54) is 199 Å². The molecule has 7 atom stereocenters. The van der Waals surface area contributed by atoms with Crippen LogP contribution in [-0.2, 0) is 0 Å². The normalized spacial score (nSPS) is 44.3. The lowest BCUT2D eigenvalue weighted by molar-refractivity contribution is -0.0564. The number of rotatable bonds is 13. The predicted octanol–water partition coefficient (Wildman–Crippen LogP) is 19.1. The van der Waals surface area contributed by atoms with Crippen molar-refractivity contribution in [3.05, 3.63) is 24.3 Å². The standard InChI is InChI=1S/C67H114N2/c1-49-22-26-52(27-23-49)30-32-54-34-40-59(41-35-54)68(57-15-6-4-7-16-57)61-44-38-56(39-45-61)64-20-12-13-21-65(64)67-48-62(46-47-66(67)63-19-11-10-14-51(63)3)69(58-17-8-5-9-18-58)60-42-36-55(37-43-60)33-31-53-28-24-50(2)25-29-53/h30-33,49-67H,4-29,34-48H2,1-3H3/b32-30+,33-31+. The summed E-state index contributed by atoms with van der Waals surface area (Å²) in [4.78, 5) is 6.70. The summed E-state index contributed by atoms with van der Waals surface area (Å²) in [5, 5.41) is 0. The SMILES string of the molecule is CC1CCC(/C=C/C2CCC(N(C3CCCCC3)C3CCC(C4CCCCC4C4CC(N(C5CCCCC5)C5CCC(/C=C/C6CCC(C)CC6)CC5)CCC4C4CCCCC4C)CC3)CC2)CC1. The van der Waals surface area contributed by atoms with Crippen molar-refractivity contribution in [2.24, 2.45) is 76.9 Å². The fraction of sp³-hybridized carbons (Fsp3) is 0.940. The highest BCUT2D eigenvalue weighted by Crippen LogP contribution is 2.55. The quantitative estimate of drug-likeness (QED) is 0.170. The van der Waals surface area contributed by atoms with Gasteiger partial charge in [-0.2, -0.15) is 0 Å². The van der Waals surface area contributed by atoms with Gasteiger partial charge in [0, 0.05) is 36.3 Å². The van der Waals surface area contributed by atoms with Crippen molar-refractivity contribution < 1.29 is 0 Å². The van der Waals surface area contributed by atoms with Gasteiger partial charge in [-0.3, -0.25) is 9.80 Å². The van der Waals surface area contributed by atoms with Gasteiger partial charge in [0.15, 0.2) is 0 Å². The molecular formula is C67H114N2. The molecule has 10 aliphatic carbocycles. The molecule has 10 rings (SSSR count). The van der Waals surface area contributed by atoms with Crippen LogP contribution in [0.1, 0.15) is 284 Å². The Labute approximate surface area is 429 Å². The molecule has 0 saturated heterocycles. The van der Waals surface area contributed by atoms with E-state index in [9.17, 15) is 0 Å². The third kappa shape index (κ3) is 13.5. The minimum Gasteiger partial charge on any atom is -0.294 e. The molecule has 0 heterocycles. The number of allylic oxidation sites excluding steroid dienone is 4.